The van der Waals surface area contributed by atoms with Crippen molar-refractivity contribution in [1.82, 2.24) is 4.98 Å². The van der Waals surface area contributed by atoms with Crippen molar-refractivity contribution in [3.8, 4) is 22.6 Å². The zero-order valence-electron chi connectivity index (χ0n) is 14.3. The number of hydrogen-bond acceptors (Lipinski definition) is 6. The molecular formula is C19H16N2O5. The maximum absolute atomic E-state index is 12.5. The van der Waals surface area contributed by atoms with E-state index in [4.69, 9.17) is 9.15 Å². The van der Waals surface area contributed by atoms with Gasteiger partial charge in [-0.25, -0.2) is 9.78 Å². The average Bonchev–Trinajstić information content (AvgIpc) is 3.15. The average molecular weight is 352 g/mol. The van der Waals surface area contributed by atoms with Crippen LogP contribution in [0.2, 0.25) is 0 Å². The molecule has 0 saturated heterocycles. The van der Waals surface area contributed by atoms with E-state index in [0.717, 1.165) is 0 Å². The van der Waals surface area contributed by atoms with E-state index in [2.05, 4.69) is 4.98 Å². The molecule has 7 nitrogen and oxygen atoms in total. The Morgan fingerprint density at radius 1 is 1.23 bits per heavy atom. The van der Waals surface area contributed by atoms with Crippen molar-refractivity contribution in [2.24, 2.45) is 0 Å². The Bertz CT molecular complexity index is 950. The highest BCUT2D eigenvalue weighted by atomic mass is 16.6. The molecule has 0 aliphatic heterocycles. The Hall–Kier alpha value is -3.48. The monoisotopic (exact) mass is 352 g/mol. The van der Waals surface area contributed by atoms with Crippen LogP contribution in [0.3, 0.4) is 0 Å². The van der Waals surface area contributed by atoms with Crippen molar-refractivity contribution in [1.29, 1.82) is 0 Å². The Morgan fingerprint density at radius 2 is 1.96 bits per heavy atom. The highest BCUT2D eigenvalue weighted by molar-refractivity contribution is 6.02. The predicted molar refractivity (Wildman–Crippen MR) is 94.7 cm³/mol. The molecule has 0 fully saturated rings. The summed E-state index contributed by atoms with van der Waals surface area (Å²) in [5.41, 5.74) is 0.898. The quantitative estimate of drug-likeness (QED) is 0.383. The minimum atomic E-state index is -0.674. The summed E-state index contributed by atoms with van der Waals surface area (Å²) in [5, 5.41) is 11.9. The second-order valence-electron chi connectivity index (χ2n) is 5.47. The number of furan rings is 1. The van der Waals surface area contributed by atoms with Gasteiger partial charge in [-0.3, -0.25) is 10.1 Å². The molecule has 0 aliphatic carbocycles. The maximum Gasteiger partial charge on any atom is 0.340 e. The Balaban J connectivity index is 2.41. The Morgan fingerprint density at radius 3 is 2.54 bits per heavy atom. The van der Waals surface area contributed by atoms with Crippen molar-refractivity contribution >= 4 is 11.7 Å². The molecule has 0 radical (unpaired) electrons. The van der Waals surface area contributed by atoms with E-state index in [1.807, 2.05) is 6.07 Å². The molecule has 3 aromatic rings. The number of aromatic nitrogens is 1. The van der Waals surface area contributed by atoms with Crippen molar-refractivity contribution in [2.45, 2.75) is 13.8 Å². The molecule has 0 N–H and O–H groups in total. The van der Waals surface area contributed by atoms with Crippen molar-refractivity contribution in [2.75, 3.05) is 6.61 Å². The number of pyridine rings is 1. The molecule has 0 aliphatic rings. The van der Waals surface area contributed by atoms with Gasteiger partial charge in [0.25, 0.3) is 0 Å². The first-order chi connectivity index (χ1) is 12.5. The normalized spacial score (nSPS) is 10.5. The lowest BCUT2D eigenvalue weighted by molar-refractivity contribution is -0.383. The van der Waals surface area contributed by atoms with Gasteiger partial charge in [0.05, 0.1) is 29.1 Å². The summed E-state index contributed by atoms with van der Waals surface area (Å²) in [7, 11) is 0. The van der Waals surface area contributed by atoms with E-state index in [1.165, 1.54) is 6.26 Å². The molecule has 0 unspecified atom stereocenters. The molecule has 3 rings (SSSR count). The number of carbonyl (C=O) groups is 1. The fraction of sp³-hybridized carbons (Fsp3) is 0.158. The SMILES string of the molecule is CCOC(=O)c1c(C)nc(-c2ccccc2)c([N+](=O)[O-])c1-c1ccco1. The molecule has 132 valence electrons. The molecule has 0 spiro atoms. The molecule has 2 aromatic heterocycles. The van der Waals surface area contributed by atoms with Gasteiger partial charge in [0, 0.05) is 5.56 Å². The first kappa shape index (κ1) is 17.3. The summed E-state index contributed by atoms with van der Waals surface area (Å²) in [5.74, 6) is -0.464. The number of benzene rings is 1. The van der Waals surface area contributed by atoms with E-state index in [-0.39, 0.29) is 34.9 Å². The van der Waals surface area contributed by atoms with Crippen LogP contribution in [-0.4, -0.2) is 22.5 Å². The Labute approximate surface area is 149 Å². The molecular weight excluding hydrogens is 336 g/mol. The van der Waals surface area contributed by atoms with E-state index in [0.29, 0.717) is 11.3 Å². The molecule has 0 bridgehead atoms. The highest BCUT2D eigenvalue weighted by Crippen LogP contribution is 2.41. The number of rotatable bonds is 5. The fourth-order valence-electron chi connectivity index (χ4n) is 2.78. The molecule has 0 saturated carbocycles. The van der Waals surface area contributed by atoms with Gasteiger partial charge in [0.2, 0.25) is 0 Å². The third kappa shape index (κ3) is 3.06. The summed E-state index contributed by atoms with van der Waals surface area (Å²) >= 11 is 0. The van der Waals surface area contributed by atoms with Gasteiger partial charge in [-0.2, -0.15) is 0 Å². The number of aryl methyl sites for hydroxylation is 1. The number of nitro groups is 1. The highest BCUT2D eigenvalue weighted by Gasteiger charge is 2.33. The van der Waals surface area contributed by atoms with Gasteiger partial charge in [-0.1, -0.05) is 30.3 Å². The standard InChI is InChI=1S/C19H16N2O5/c1-3-25-19(22)15-12(2)20-17(13-8-5-4-6-9-13)18(21(23)24)16(15)14-10-7-11-26-14/h4-11H,3H2,1-2H3. The smallest absolute Gasteiger partial charge is 0.340 e. The lowest BCUT2D eigenvalue weighted by Gasteiger charge is -2.13. The fourth-order valence-corrected chi connectivity index (χ4v) is 2.78. The minimum absolute atomic E-state index is 0.0354. The largest absolute Gasteiger partial charge is 0.464 e. The van der Waals surface area contributed by atoms with Gasteiger partial charge in [0.15, 0.2) is 0 Å². The number of ether oxygens (including phenoxy) is 1. The van der Waals surface area contributed by atoms with E-state index < -0.39 is 10.9 Å². The lowest BCUT2D eigenvalue weighted by atomic mass is 9.97. The van der Waals surface area contributed by atoms with Crippen LogP contribution in [0, 0.1) is 17.0 Å². The summed E-state index contributed by atoms with van der Waals surface area (Å²) in [6, 6.07) is 12.0. The predicted octanol–water partition coefficient (Wildman–Crippen LogP) is 4.40. The number of esters is 1. The van der Waals surface area contributed by atoms with Crippen LogP contribution in [0.4, 0.5) is 5.69 Å². The second-order valence-corrected chi connectivity index (χ2v) is 5.47. The van der Waals surface area contributed by atoms with Crippen LogP contribution in [0.25, 0.3) is 22.6 Å². The van der Waals surface area contributed by atoms with Crippen LogP contribution >= 0.6 is 0 Å². The minimum Gasteiger partial charge on any atom is -0.464 e. The number of nitrogens with zero attached hydrogens (tertiary/aromatic N) is 2. The topological polar surface area (TPSA) is 95.5 Å². The van der Waals surface area contributed by atoms with Crippen LogP contribution in [0.1, 0.15) is 23.0 Å². The molecule has 0 atom stereocenters. The van der Waals surface area contributed by atoms with Crippen LogP contribution < -0.4 is 0 Å². The van der Waals surface area contributed by atoms with Gasteiger partial charge in [-0.05, 0) is 26.0 Å². The zero-order chi connectivity index (χ0) is 18.7. The van der Waals surface area contributed by atoms with Crippen molar-refractivity contribution < 1.29 is 18.9 Å². The number of carbonyl (C=O) groups excluding carboxylic acids is 1. The number of hydrogen-bond donors (Lipinski definition) is 0. The third-order valence-corrected chi connectivity index (χ3v) is 3.83. The summed E-state index contributed by atoms with van der Waals surface area (Å²) in [6.07, 6.45) is 1.39. The van der Waals surface area contributed by atoms with Gasteiger partial charge in [-0.15, -0.1) is 0 Å². The van der Waals surface area contributed by atoms with Gasteiger partial charge in [0.1, 0.15) is 17.0 Å². The van der Waals surface area contributed by atoms with Crippen molar-refractivity contribution in [3.63, 3.8) is 0 Å². The van der Waals surface area contributed by atoms with Crippen LogP contribution in [-0.2, 0) is 4.74 Å². The van der Waals surface area contributed by atoms with Crippen molar-refractivity contribution in [3.05, 3.63) is 70.1 Å². The summed E-state index contributed by atoms with van der Waals surface area (Å²) in [6.45, 7) is 3.43. The molecule has 0 amide bonds. The molecule has 1 aromatic carbocycles. The van der Waals surface area contributed by atoms with Crippen LogP contribution in [0.5, 0.6) is 0 Å². The van der Waals surface area contributed by atoms with Crippen LogP contribution in [0.15, 0.2) is 53.1 Å². The van der Waals surface area contributed by atoms with Gasteiger partial charge >= 0.3 is 11.7 Å². The zero-order valence-corrected chi connectivity index (χ0v) is 14.3. The van der Waals surface area contributed by atoms with E-state index in [1.54, 1.807) is 50.2 Å². The molecule has 26 heavy (non-hydrogen) atoms. The summed E-state index contributed by atoms with van der Waals surface area (Å²) < 4.78 is 10.5. The first-order valence-corrected chi connectivity index (χ1v) is 8.00. The lowest BCUT2D eigenvalue weighted by Crippen LogP contribution is -2.13. The molecule has 2 heterocycles. The summed E-state index contributed by atoms with van der Waals surface area (Å²) in [4.78, 5) is 28.2. The van der Waals surface area contributed by atoms with E-state index >= 15 is 0 Å². The third-order valence-electron chi connectivity index (χ3n) is 3.83. The second kappa shape index (κ2) is 7.18. The maximum atomic E-state index is 12.5. The van der Waals surface area contributed by atoms with Gasteiger partial charge < -0.3 is 9.15 Å². The first-order valence-electron chi connectivity index (χ1n) is 8.00. The molecule has 7 heteroatoms. The van der Waals surface area contributed by atoms with E-state index in [9.17, 15) is 14.9 Å². The Kier molecular flexibility index (Phi) is 4.79.